The van der Waals surface area contributed by atoms with E-state index in [1.807, 2.05) is 6.92 Å². The van der Waals surface area contributed by atoms with Crippen LogP contribution in [0.2, 0.25) is 0 Å². The number of nitrogens with zero attached hydrogens (tertiary/aromatic N) is 1. The Bertz CT molecular complexity index is 423. The van der Waals surface area contributed by atoms with Gasteiger partial charge in [-0.05, 0) is 31.9 Å². The SMILES string of the molecule is CCC(C)OP(=O)(O)c1cc(C)cnc1N. The van der Waals surface area contributed by atoms with E-state index in [-0.39, 0.29) is 17.2 Å². The normalized spacial score (nSPS) is 16.8. The van der Waals surface area contributed by atoms with Crippen LogP contribution in [0.5, 0.6) is 0 Å². The summed E-state index contributed by atoms with van der Waals surface area (Å²) in [5, 5.41) is 0.0767. The Morgan fingerprint density at radius 3 is 2.88 bits per heavy atom. The molecule has 2 atom stereocenters. The van der Waals surface area contributed by atoms with E-state index >= 15 is 0 Å². The molecular weight excluding hydrogens is 227 g/mol. The lowest BCUT2D eigenvalue weighted by atomic mass is 10.3. The highest BCUT2D eigenvalue weighted by Crippen LogP contribution is 2.43. The molecule has 2 unspecified atom stereocenters. The Hall–Kier alpha value is -0.900. The molecule has 1 rings (SSSR count). The van der Waals surface area contributed by atoms with Crippen molar-refractivity contribution in [1.29, 1.82) is 0 Å². The van der Waals surface area contributed by atoms with E-state index in [2.05, 4.69) is 4.98 Å². The third kappa shape index (κ3) is 3.04. The van der Waals surface area contributed by atoms with Gasteiger partial charge in [0.05, 0.1) is 6.10 Å². The van der Waals surface area contributed by atoms with Crippen LogP contribution in [0.4, 0.5) is 5.82 Å². The summed E-state index contributed by atoms with van der Waals surface area (Å²) in [6.07, 6.45) is 1.90. The average molecular weight is 244 g/mol. The molecular formula is C10H17N2O3P. The van der Waals surface area contributed by atoms with Gasteiger partial charge in [-0.15, -0.1) is 0 Å². The zero-order valence-corrected chi connectivity index (χ0v) is 10.6. The molecule has 0 aliphatic heterocycles. The summed E-state index contributed by atoms with van der Waals surface area (Å²) in [5.41, 5.74) is 6.34. The smallest absolute Gasteiger partial charge is 0.362 e. The fourth-order valence-electron chi connectivity index (χ4n) is 1.17. The number of anilines is 1. The van der Waals surface area contributed by atoms with Crippen LogP contribution in [0.3, 0.4) is 0 Å². The van der Waals surface area contributed by atoms with Gasteiger partial charge in [-0.2, -0.15) is 0 Å². The van der Waals surface area contributed by atoms with Crippen LogP contribution in [0.15, 0.2) is 12.3 Å². The number of nitrogen functional groups attached to an aromatic ring is 1. The van der Waals surface area contributed by atoms with E-state index in [0.717, 1.165) is 5.56 Å². The second-order valence-corrected chi connectivity index (χ2v) is 5.50. The zero-order valence-electron chi connectivity index (χ0n) is 9.67. The number of aromatic nitrogens is 1. The van der Waals surface area contributed by atoms with Gasteiger partial charge in [0.1, 0.15) is 11.1 Å². The summed E-state index contributed by atoms with van der Waals surface area (Å²) >= 11 is 0. The van der Waals surface area contributed by atoms with Gasteiger partial charge >= 0.3 is 7.60 Å². The average Bonchev–Trinajstić information content (AvgIpc) is 2.20. The lowest BCUT2D eigenvalue weighted by molar-refractivity contribution is 0.192. The highest BCUT2D eigenvalue weighted by Gasteiger charge is 2.28. The number of hydrogen-bond donors (Lipinski definition) is 2. The number of pyridine rings is 1. The first-order valence-corrected chi connectivity index (χ1v) is 6.68. The Morgan fingerprint density at radius 2 is 2.31 bits per heavy atom. The van der Waals surface area contributed by atoms with Crippen LogP contribution < -0.4 is 11.0 Å². The molecule has 90 valence electrons. The van der Waals surface area contributed by atoms with Gasteiger partial charge in [0.25, 0.3) is 0 Å². The van der Waals surface area contributed by atoms with Crippen molar-refractivity contribution in [3.63, 3.8) is 0 Å². The van der Waals surface area contributed by atoms with Crippen molar-refractivity contribution in [2.24, 2.45) is 0 Å². The first kappa shape index (κ1) is 13.2. The molecule has 0 aliphatic rings. The second kappa shape index (κ2) is 4.95. The van der Waals surface area contributed by atoms with Gasteiger partial charge in [0.15, 0.2) is 0 Å². The number of rotatable bonds is 4. The lowest BCUT2D eigenvalue weighted by Gasteiger charge is -2.17. The lowest BCUT2D eigenvalue weighted by Crippen LogP contribution is -2.17. The molecule has 1 aromatic rings. The summed E-state index contributed by atoms with van der Waals surface area (Å²) in [6, 6.07) is 1.53. The number of aryl methyl sites for hydroxylation is 1. The standard InChI is InChI=1S/C10H17N2O3P/c1-4-8(3)15-16(13,14)9-5-7(2)6-12-10(9)11/h5-6,8H,4H2,1-3H3,(H2,11,12)(H,13,14). The molecule has 0 fully saturated rings. The van der Waals surface area contributed by atoms with Crippen LogP contribution in [-0.2, 0) is 9.09 Å². The quantitative estimate of drug-likeness (QED) is 0.786. The zero-order chi connectivity index (χ0) is 12.3. The summed E-state index contributed by atoms with van der Waals surface area (Å²) in [7, 11) is -3.87. The van der Waals surface area contributed by atoms with Crippen molar-refractivity contribution >= 4 is 18.7 Å². The van der Waals surface area contributed by atoms with Crippen molar-refractivity contribution < 1.29 is 14.0 Å². The minimum absolute atomic E-state index is 0.0414. The van der Waals surface area contributed by atoms with Gasteiger partial charge in [-0.25, -0.2) is 4.98 Å². The highest BCUT2D eigenvalue weighted by molar-refractivity contribution is 7.61. The molecule has 0 saturated carbocycles. The van der Waals surface area contributed by atoms with Crippen molar-refractivity contribution in [3.05, 3.63) is 17.8 Å². The highest BCUT2D eigenvalue weighted by atomic mass is 31.2. The Labute approximate surface area is 95.2 Å². The topological polar surface area (TPSA) is 85.4 Å². The maximum Gasteiger partial charge on any atom is 0.362 e. The summed E-state index contributed by atoms with van der Waals surface area (Å²) < 4.78 is 17.1. The summed E-state index contributed by atoms with van der Waals surface area (Å²) in [5.74, 6) is 0.0414. The fourth-order valence-corrected chi connectivity index (χ4v) is 2.63. The van der Waals surface area contributed by atoms with Crippen molar-refractivity contribution in [2.45, 2.75) is 33.3 Å². The van der Waals surface area contributed by atoms with Crippen molar-refractivity contribution in [2.75, 3.05) is 5.73 Å². The molecule has 1 aromatic heterocycles. The van der Waals surface area contributed by atoms with Crippen LogP contribution in [0.1, 0.15) is 25.8 Å². The van der Waals surface area contributed by atoms with E-state index in [1.54, 1.807) is 20.0 Å². The minimum Gasteiger partial charge on any atom is -0.383 e. The molecule has 0 amide bonds. The van der Waals surface area contributed by atoms with Gasteiger partial charge in [-0.1, -0.05) is 6.92 Å². The van der Waals surface area contributed by atoms with E-state index in [0.29, 0.717) is 6.42 Å². The van der Waals surface area contributed by atoms with Crippen LogP contribution in [-0.4, -0.2) is 16.0 Å². The molecule has 0 aromatic carbocycles. The first-order valence-electron chi connectivity index (χ1n) is 5.10. The molecule has 0 radical (unpaired) electrons. The fraction of sp³-hybridized carbons (Fsp3) is 0.500. The Balaban J connectivity index is 3.06. The van der Waals surface area contributed by atoms with E-state index in [9.17, 15) is 9.46 Å². The summed E-state index contributed by atoms with van der Waals surface area (Å²) in [6.45, 7) is 5.39. The number of nitrogens with two attached hydrogens (primary N) is 1. The first-order chi connectivity index (χ1) is 7.36. The molecule has 1 heterocycles. The molecule has 0 aliphatic carbocycles. The third-order valence-corrected chi connectivity index (χ3v) is 3.85. The number of hydrogen-bond acceptors (Lipinski definition) is 4. The molecule has 6 heteroatoms. The van der Waals surface area contributed by atoms with Gasteiger partial charge in [0, 0.05) is 6.20 Å². The van der Waals surface area contributed by atoms with Gasteiger partial charge < -0.3 is 15.2 Å². The minimum atomic E-state index is -3.87. The Kier molecular flexibility index (Phi) is 4.08. The monoisotopic (exact) mass is 244 g/mol. The maximum absolute atomic E-state index is 12.0. The maximum atomic E-state index is 12.0. The Morgan fingerprint density at radius 1 is 1.69 bits per heavy atom. The van der Waals surface area contributed by atoms with E-state index in [4.69, 9.17) is 10.3 Å². The summed E-state index contributed by atoms with van der Waals surface area (Å²) in [4.78, 5) is 13.6. The van der Waals surface area contributed by atoms with Crippen molar-refractivity contribution in [1.82, 2.24) is 4.98 Å². The van der Waals surface area contributed by atoms with Crippen LogP contribution in [0, 0.1) is 6.92 Å². The largest absolute Gasteiger partial charge is 0.383 e. The molecule has 16 heavy (non-hydrogen) atoms. The molecule has 0 saturated heterocycles. The van der Waals surface area contributed by atoms with E-state index in [1.165, 1.54) is 6.07 Å². The molecule has 0 bridgehead atoms. The van der Waals surface area contributed by atoms with Crippen LogP contribution in [0.25, 0.3) is 0 Å². The second-order valence-electron chi connectivity index (χ2n) is 3.76. The molecule has 3 N–H and O–H groups in total. The predicted molar refractivity (Wildman–Crippen MR) is 63.7 cm³/mol. The molecule has 5 nitrogen and oxygen atoms in total. The van der Waals surface area contributed by atoms with Crippen LogP contribution >= 0.6 is 7.60 Å². The predicted octanol–water partition coefficient (Wildman–Crippen LogP) is 1.60. The van der Waals surface area contributed by atoms with Gasteiger partial charge in [-0.3, -0.25) is 4.57 Å². The molecule has 0 spiro atoms. The van der Waals surface area contributed by atoms with E-state index < -0.39 is 7.60 Å². The third-order valence-electron chi connectivity index (χ3n) is 2.24. The van der Waals surface area contributed by atoms with Crippen molar-refractivity contribution in [3.8, 4) is 0 Å². The van der Waals surface area contributed by atoms with Gasteiger partial charge in [0.2, 0.25) is 0 Å².